The molecule has 17 heavy (non-hydrogen) atoms. The highest BCUT2D eigenvalue weighted by Gasteiger charge is 2.25. The molecule has 1 N–H and O–H groups in total. The third kappa shape index (κ3) is 3.78. The maximum absolute atomic E-state index is 4.18. The lowest BCUT2D eigenvalue weighted by atomic mass is 9.78. The maximum atomic E-state index is 4.18. The van der Waals surface area contributed by atoms with Crippen molar-refractivity contribution < 1.29 is 0 Å². The lowest BCUT2D eigenvalue weighted by molar-refractivity contribution is 0.231. The Hall–Kier alpha value is -0.410. The van der Waals surface area contributed by atoms with Gasteiger partial charge in [0.1, 0.15) is 0 Å². The molecular formula is C14H24N2S. The van der Waals surface area contributed by atoms with Crippen molar-refractivity contribution in [2.45, 2.75) is 52.0 Å². The fraction of sp³-hybridized carbons (Fsp3) is 0.786. The number of aromatic nitrogens is 1. The van der Waals surface area contributed by atoms with Crippen LogP contribution in [0.5, 0.6) is 0 Å². The van der Waals surface area contributed by atoms with Crippen LogP contribution >= 0.6 is 11.3 Å². The molecule has 1 aliphatic carbocycles. The molecule has 1 aromatic rings. The van der Waals surface area contributed by atoms with Gasteiger partial charge in [-0.3, -0.25) is 4.98 Å². The summed E-state index contributed by atoms with van der Waals surface area (Å²) < 4.78 is 0. The van der Waals surface area contributed by atoms with Crippen molar-refractivity contribution in [2.75, 3.05) is 6.54 Å². The van der Waals surface area contributed by atoms with Crippen LogP contribution in [-0.2, 0) is 6.42 Å². The molecule has 0 aliphatic heterocycles. The number of nitrogens with one attached hydrogen (secondary N) is 1. The SMILES string of the molecule is CCNC(Cc1cncs1)C1CCC(C)CC1. The molecule has 1 aliphatic rings. The van der Waals surface area contributed by atoms with Gasteiger partial charge in [0.05, 0.1) is 5.51 Å². The van der Waals surface area contributed by atoms with Crippen LogP contribution in [-0.4, -0.2) is 17.6 Å². The summed E-state index contributed by atoms with van der Waals surface area (Å²) in [7, 11) is 0. The molecule has 0 radical (unpaired) electrons. The van der Waals surface area contributed by atoms with E-state index in [2.05, 4.69) is 24.1 Å². The van der Waals surface area contributed by atoms with Crippen molar-refractivity contribution in [3.05, 3.63) is 16.6 Å². The average molecular weight is 252 g/mol. The predicted molar refractivity (Wildman–Crippen MR) is 74.4 cm³/mol. The second-order valence-corrected chi connectivity index (χ2v) is 6.33. The molecule has 96 valence electrons. The third-order valence-electron chi connectivity index (χ3n) is 4.00. The molecule has 1 saturated carbocycles. The summed E-state index contributed by atoms with van der Waals surface area (Å²) in [4.78, 5) is 5.61. The van der Waals surface area contributed by atoms with Gasteiger partial charge in [0.15, 0.2) is 0 Å². The van der Waals surface area contributed by atoms with Gasteiger partial charge in [-0.25, -0.2) is 0 Å². The van der Waals surface area contributed by atoms with Crippen molar-refractivity contribution in [2.24, 2.45) is 11.8 Å². The zero-order chi connectivity index (χ0) is 12.1. The molecule has 0 amide bonds. The molecule has 0 spiro atoms. The van der Waals surface area contributed by atoms with Gasteiger partial charge in [-0.1, -0.05) is 26.7 Å². The highest BCUT2D eigenvalue weighted by Crippen LogP contribution is 2.31. The van der Waals surface area contributed by atoms with E-state index >= 15 is 0 Å². The second kappa shape index (κ2) is 6.50. The number of likely N-dealkylation sites (N-methyl/N-ethyl adjacent to an activating group) is 1. The zero-order valence-electron chi connectivity index (χ0n) is 11.0. The first-order valence-electron chi connectivity index (χ1n) is 6.90. The summed E-state index contributed by atoms with van der Waals surface area (Å²) >= 11 is 1.79. The lowest BCUT2D eigenvalue weighted by Gasteiger charge is -2.33. The van der Waals surface area contributed by atoms with E-state index in [0.29, 0.717) is 6.04 Å². The van der Waals surface area contributed by atoms with Gasteiger partial charge in [-0.2, -0.15) is 0 Å². The summed E-state index contributed by atoms with van der Waals surface area (Å²) in [5, 5.41) is 3.68. The van der Waals surface area contributed by atoms with E-state index in [1.165, 1.54) is 30.6 Å². The van der Waals surface area contributed by atoms with Crippen LogP contribution in [0.2, 0.25) is 0 Å². The first kappa shape index (κ1) is 13.0. The molecule has 1 aromatic heterocycles. The monoisotopic (exact) mass is 252 g/mol. The molecule has 2 rings (SSSR count). The van der Waals surface area contributed by atoms with E-state index in [-0.39, 0.29) is 0 Å². The van der Waals surface area contributed by atoms with E-state index < -0.39 is 0 Å². The summed E-state index contributed by atoms with van der Waals surface area (Å²) in [5.41, 5.74) is 1.95. The second-order valence-electron chi connectivity index (χ2n) is 5.36. The van der Waals surface area contributed by atoms with Crippen LogP contribution in [0.4, 0.5) is 0 Å². The van der Waals surface area contributed by atoms with Gasteiger partial charge < -0.3 is 5.32 Å². The third-order valence-corrected chi connectivity index (χ3v) is 4.80. The van der Waals surface area contributed by atoms with E-state index in [1.54, 1.807) is 11.3 Å². The van der Waals surface area contributed by atoms with Crippen LogP contribution in [0.1, 0.15) is 44.4 Å². The topological polar surface area (TPSA) is 24.9 Å². The molecular weight excluding hydrogens is 228 g/mol. The van der Waals surface area contributed by atoms with Gasteiger partial charge in [0.25, 0.3) is 0 Å². The normalized spacial score (nSPS) is 26.9. The van der Waals surface area contributed by atoms with E-state index in [4.69, 9.17) is 0 Å². The van der Waals surface area contributed by atoms with Crippen molar-refractivity contribution in [3.63, 3.8) is 0 Å². The van der Waals surface area contributed by atoms with Crippen LogP contribution in [0, 0.1) is 11.8 Å². The van der Waals surface area contributed by atoms with Crippen LogP contribution in [0.25, 0.3) is 0 Å². The quantitative estimate of drug-likeness (QED) is 0.867. The molecule has 1 unspecified atom stereocenters. The molecule has 0 bridgehead atoms. The average Bonchev–Trinajstić information content (AvgIpc) is 2.82. The standard InChI is InChI=1S/C14H24N2S/c1-3-16-14(8-13-9-15-10-17-13)12-6-4-11(2)5-7-12/h9-12,14,16H,3-8H2,1-2H3. The van der Waals surface area contributed by atoms with Crippen molar-refractivity contribution >= 4 is 11.3 Å². The minimum Gasteiger partial charge on any atom is -0.314 e. The molecule has 1 fully saturated rings. The first-order valence-corrected chi connectivity index (χ1v) is 7.78. The van der Waals surface area contributed by atoms with Crippen LogP contribution in [0.15, 0.2) is 11.7 Å². The lowest BCUT2D eigenvalue weighted by Crippen LogP contribution is -2.39. The molecule has 2 nitrogen and oxygen atoms in total. The summed E-state index contributed by atoms with van der Waals surface area (Å²) in [6.45, 7) is 5.68. The number of thiazole rings is 1. The number of hydrogen-bond acceptors (Lipinski definition) is 3. The Kier molecular flexibility index (Phi) is 4.99. The van der Waals surface area contributed by atoms with Crippen LogP contribution < -0.4 is 5.32 Å². The highest BCUT2D eigenvalue weighted by atomic mass is 32.1. The minimum absolute atomic E-state index is 0.660. The maximum Gasteiger partial charge on any atom is 0.0794 e. The van der Waals surface area contributed by atoms with E-state index in [0.717, 1.165) is 24.8 Å². The van der Waals surface area contributed by atoms with E-state index in [1.807, 2.05) is 11.7 Å². The highest BCUT2D eigenvalue weighted by molar-refractivity contribution is 7.09. The van der Waals surface area contributed by atoms with Crippen molar-refractivity contribution in [1.82, 2.24) is 10.3 Å². The molecule has 0 saturated heterocycles. The van der Waals surface area contributed by atoms with Crippen molar-refractivity contribution in [1.29, 1.82) is 0 Å². The largest absolute Gasteiger partial charge is 0.314 e. The number of nitrogens with zero attached hydrogens (tertiary/aromatic N) is 1. The van der Waals surface area contributed by atoms with Gasteiger partial charge in [0.2, 0.25) is 0 Å². The molecule has 1 atom stereocenters. The smallest absolute Gasteiger partial charge is 0.0794 e. The van der Waals surface area contributed by atoms with Crippen LogP contribution in [0.3, 0.4) is 0 Å². The fourth-order valence-corrected chi connectivity index (χ4v) is 3.57. The Balaban J connectivity index is 1.92. The molecule has 0 aromatic carbocycles. The molecule has 3 heteroatoms. The van der Waals surface area contributed by atoms with Gasteiger partial charge in [-0.15, -0.1) is 11.3 Å². The Morgan fingerprint density at radius 3 is 2.76 bits per heavy atom. The Morgan fingerprint density at radius 1 is 1.41 bits per heavy atom. The predicted octanol–water partition coefficient (Wildman–Crippen LogP) is 3.49. The van der Waals surface area contributed by atoms with Gasteiger partial charge in [-0.05, 0) is 37.6 Å². The summed E-state index contributed by atoms with van der Waals surface area (Å²) in [6, 6.07) is 0.660. The Morgan fingerprint density at radius 2 is 2.18 bits per heavy atom. The number of hydrogen-bond donors (Lipinski definition) is 1. The Bertz CT molecular complexity index is 302. The Labute approximate surface area is 109 Å². The van der Waals surface area contributed by atoms with Gasteiger partial charge >= 0.3 is 0 Å². The zero-order valence-corrected chi connectivity index (χ0v) is 11.8. The minimum atomic E-state index is 0.660. The van der Waals surface area contributed by atoms with Crippen molar-refractivity contribution in [3.8, 4) is 0 Å². The summed E-state index contributed by atoms with van der Waals surface area (Å²) in [6.07, 6.45) is 8.82. The van der Waals surface area contributed by atoms with Gasteiger partial charge in [0, 0.05) is 17.1 Å². The van der Waals surface area contributed by atoms with E-state index in [9.17, 15) is 0 Å². The molecule has 1 heterocycles. The fourth-order valence-electron chi connectivity index (χ4n) is 2.92. The first-order chi connectivity index (χ1) is 8.29. The number of rotatable bonds is 5. The summed E-state index contributed by atoms with van der Waals surface area (Å²) in [5.74, 6) is 1.81.